The summed E-state index contributed by atoms with van der Waals surface area (Å²) >= 11 is 4.94. The molecule has 0 aromatic heterocycles. The van der Waals surface area contributed by atoms with Gasteiger partial charge < -0.3 is 11.1 Å². The number of carbonyl (C=O) groups is 1. The Bertz CT molecular complexity index is 381. The molecule has 1 saturated heterocycles. The van der Waals surface area contributed by atoms with Crippen molar-refractivity contribution in [2.45, 2.75) is 44.6 Å². The van der Waals surface area contributed by atoms with Crippen LogP contribution in [0, 0.1) is 17.8 Å². The summed E-state index contributed by atoms with van der Waals surface area (Å²) in [7, 11) is 0. The minimum absolute atomic E-state index is 0.328. The van der Waals surface area contributed by atoms with E-state index >= 15 is 0 Å². The fourth-order valence-electron chi connectivity index (χ4n) is 4.13. The van der Waals surface area contributed by atoms with Gasteiger partial charge in [-0.1, -0.05) is 25.1 Å². The number of nitrogens with zero attached hydrogens (tertiary/aromatic N) is 1. The number of nitrogens with one attached hydrogen (secondary N) is 1. The zero-order chi connectivity index (χ0) is 14.1. The second-order valence-electron chi connectivity index (χ2n) is 6.66. The van der Waals surface area contributed by atoms with Crippen molar-refractivity contribution >= 4 is 23.1 Å². The van der Waals surface area contributed by atoms with Gasteiger partial charge in [0, 0.05) is 31.6 Å². The van der Waals surface area contributed by atoms with Gasteiger partial charge >= 0.3 is 0 Å². The summed E-state index contributed by atoms with van der Waals surface area (Å²) in [6.07, 6.45) is 7.24. The molecule has 0 bridgehead atoms. The Labute approximate surface area is 126 Å². The van der Waals surface area contributed by atoms with Gasteiger partial charge in [-0.2, -0.15) is 0 Å². The van der Waals surface area contributed by atoms with Crippen molar-refractivity contribution in [3.63, 3.8) is 0 Å². The first-order chi connectivity index (χ1) is 9.65. The maximum absolute atomic E-state index is 12.3. The molecule has 1 amide bonds. The Balaban J connectivity index is 1.41. The van der Waals surface area contributed by atoms with Gasteiger partial charge in [-0.05, 0) is 37.5 Å². The van der Waals surface area contributed by atoms with Gasteiger partial charge in [-0.15, -0.1) is 0 Å². The number of likely N-dealkylation sites (tertiary alicyclic amines) is 1. The van der Waals surface area contributed by atoms with Crippen molar-refractivity contribution in [1.29, 1.82) is 0 Å². The van der Waals surface area contributed by atoms with Crippen LogP contribution >= 0.6 is 12.2 Å². The van der Waals surface area contributed by atoms with Gasteiger partial charge in [0.25, 0.3) is 0 Å². The molecule has 0 spiro atoms. The average Bonchev–Trinajstić information content (AvgIpc) is 3.15. The Morgan fingerprint density at radius 3 is 2.30 bits per heavy atom. The molecule has 0 aromatic carbocycles. The molecule has 2 saturated carbocycles. The lowest BCUT2D eigenvalue weighted by atomic mass is 10.0. The van der Waals surface area contributed by atoms with E-state index in [4.69, 9.17) is 18.0 Å². The highest BCUT2D eigenvalue weighted by atomic mass is 32.1. The van der Waals surface area contributed by atoms with Crippen molar-refractivity contribution in [2.75, 3.05) is 19.6 Å². The highest BCUT2D eigenvalue weighted by Gasteiger charge is 2.54. The zero-order valence-corrected chi connectivity index (χ0v) is 12.8. The van der Waals surface area contributed by atoms with E-state index in [9.17, 15) is 4.79 Å². The molecule has 1 aliphatic heterocycles. The molecule has 3 aliphatic rings. The van der Waals surface area contributed by atoms with Crippen LogP contribution in [0.25, 0.3) is 0 Å². The Kier molecular flexibility index (Phi) is 4.26. The van der Waals surface area contributed by atoms with Gasteiger partial charge in [0.15, 0.2) is 0 Å². The van der Waals surface area contributed by atoms with E-state index in [0.29, 0.717) is 41.2 Å². The summed E-state index contributed by atoms with van der Waals surface area (Å²) in [6, 6.07) is 0.354. The van der Waals surface area contributed by atoms with Crippen LogP contribution in [0.1, 0.15) is 38.5 Å². The molecule has 3 N–H and O–H groups in total. The van der Waals surface area contributed by atoms with Crippen LogP contribution in [-0.4, -0.2) is 41.5 Å². The van der Waals surface area contributed by atoms with Gasteiger partial charge in [-0.25, -0.2) is 0 Å². The van der Waals surface area contributed by atoms with Crippen molar-refractivity contribution in [3.8, 4) is 0 Å². The molecule has 3 rings (SSSR count). The summed E-state index contributed by atoms with van der Waals surface area (Å²) < 4.78 is 0. The molecule has 0 radical (unpaired) electrons. The standard InChI is InChI=1S/C15H25N3OS/c16-13(20)9-18-7-5-10(6-8-18)17-15(19)14-11-3-1-2-4-12(11)14/h10-12,14H,1-9H2,(H2,16,20)(H,17,19). The molecular weight excluding hydrogens is 270 g/mol. The highest BCUT2D eigenvalue weighted by molar-refractivity contribution is 7.80. The van der Waals surface area contributed by atoms with E-state index in [0.717, 1.165) is 25.9 Å². The van der Waals surface area contributed by atoms with Crippen LogP contribution in [0.2, 0.25) is 0 Å². The summed E-state index contributed by atoms with van der Waals surface area (Å²) in [5, 5.41) is 3.28. The molecular formula is C15H25N3OS. The molecule has 5 heteroatoms. The zero-order valence-electron chi connectivity index (χ0n) is 12.0. The highest BCUT2D eigenvalue weighted by Crippen LogP contribution is 2.55. The number of thiocarbonyl (C=S) groups is 1. The topological polar surface area (TPSA) is 58.4 Å². The number of fused-ring (bicyclic) bond motifs is 1. The third-order valence-electron chi connectivity index (χ3n) is 5.27. The number of nitrogens with two attached hydrogens (primary N) is 1. The number of carbonyl (C=O) groups excluding carboxylic acids is 1. The average molecular weight is 295 g/mol. The quantitative estimate of drug-likeness (QED) is 0.767. The summed E-state index contributed by atoms with van der Waals surface area (Å²) in [4.78, 5) is 15.2. The van der Waals surface area contributed by atoms with Crippen LogP contribution in [0.5, 0.6) is 0 Å². The van der Waals surface area contributed by atoms with Crippen LogP contribution in [0.4, 0.5) is 0 Å². The third kappa shape index (κ3) is 3.14. The van der Waals surface area contributed by atoms with Gasteiger partial charge in [0.1, 0.15) is 0 Å². The molecule has 0 aromatic rings. The first-order valence-corrected chi connectivity index (χ1v) is 8.37. The third-order valence-corrected chi connectivity index (χ3v) is 5.40. The Hall–Kier alpha value is -0.680. The van der Waals surface area contributed by atoms with E-state index in [2.05, 4.69) is 10.2 Å². The van der Waals surface area contributed by atoms with Gasteiger partial charge in [0.05, 0.1) is 4.99 Å². The van der Waals surface area contributed by atoms with Crippen molar-refractivity contribution in [1.82, 2.24) is 10.2 Å². The minimum Gasteiger partial charge on any atom is -0.392 e. The van der Waals surface area contributed by atoms with Crippen LogP contribution in [-0.2, 0) is 4.79 Å². The van der Waals surface area contributed by atoms with Crippen LogP contribution in [0.3, 0.4) is 0 Å². The van der Waals surface area contributed by atoms with Crippen LogP contribution in [0.15, 0.2) is 0 Å². The Morgan fingerprint density at radius 1 is 1.15 bits per heavy atom. The van der Waals surface area contributed by atoms with Gasteiger partial charge in [0.2, 0.25) is 5.91 Å². The molecule has 112 valence electrons. The summed E-state index contributed by atoms with van der Waals surface area (Å²) in [5.41, 5.74) is 5.57. The molecule has 3 fully saturated rings. The SMILES string of the molecule is NC(=S)CN1CCC(NC(=O)C2C3CCCCC32)CC1. The largest absolute Gasteiger partial charge is 0.392 e. The normalized spacial score (nSPS) is 34.3. The smallest absolute Gasteiger partial charge is 0.223 e. The van der Waals surface area contributed by atoms with Gasteiger partial charge in [-0.3, -0.25) is 9.69 Å². The van der Waals surface area contributed by atoms with Crippen molar-refractivity contribution in [3.05, 3.63) is 0 Å². The summed E-state index contributed by atoms with van der Waals surface area (Å²) in [5.74, 6) is 2.08. The lowest BCUT2D eigenvalue weighted by Gasteiger charge is -2.32. The summed E-state index contributed by atoms with van der Waals surface area (Å²) in [6.45, 7) is 2.68. The van der Waals surface area contributed by atoms with E-state index < -0.39 is 0 Å². The second-order valence-corrected chi connectivity index (χ2v) is 7.19. The fraction of sp³-hybridized carbons (Fsp3) is 0.867. The molecule has 4 nitrogen and oxygen atoms in total. The number of piperidine rings is 1. The molecule has 1 heterocycles. The number of amides is 1. The van der Waals surface area contributed by atoms with E-state index in [1.54, 1.807) is 0 Å². The fourth-order valence-corrected chi connectivity index (χ4v) is 4.32. The molecule has 2 aliphatic carbocycles. The van der Waals surface area contributed by atoms with Crippen molar-refractivity contribution < 1.29 is 4.79 Å². The van der Waals surface area contributed by atoms with Crippen molar-refractivity contribution in [2.24, 2.45) is 23.5 Å². The van der Waals surface area contributed by atoms with Crippen LogP contribution < -0.4 is 11.1 Å². The lowest BCUT2D eigenvalue weighted by molar-refractivity contribution is -0.123. The second kappa shape index (κ2) is 5.98. The van der Waals surface area contributed by atoms with E-state index in [1.807, 2.05) is 0 Å². The van der Waals surface area contributed by atoms with E-state index in [-0.39, 0.29) is 0 Å². The van der Waals surface area contributed by atoms with E-state index in [1.165, 1.54) is 25.7 Å². The maximum Gasteiger partial charge on any atom is 0.223 e. The first kappa shape index (κ1) is 14.3. The lowest BCUT2D eigenvalue weighted by Crippen LogP contribution is -2.47. The number of rotatable bonds is 4. The molecule has 2 unspecified atom stereocenters. The maximum atomic E-state index is 12.3. The number of hydrogen-bond acceptors (Lipinski definition) is 3. The predicted molar refractivity (Wildman–Crippen MR) is 83.3 cm³/mol. The molecule has 20 heavy (non-hydrogen) atoms. The monoisotopic (exact) mass is 295 g/mol. The first-order valence-electron chi connectivity index (χ1n) is 7.96. The molecule has 2 atom stereocenters. The number of hydrogen-bond donors (Lipinski definition) is 2. The predicted octanol–water partition coefficient (Wildman–Crippen LogP) is 1.29. The minimum atomic E-state index is 0.328. The Morgan fingerprint density at radius 2 is 1.75 bits per heavy atom.